The maximum absolute atomic E-state index is 14.8. The van der Waals surface area contributed by atoms with E-state index in [2.05, 4.69) is 16.8 Å². The quantitative estimate of drug-likeness (QED) is 0.480. The molecule has 34 heavy (non-hydrogen) atoms. The Morgan fingerprint density at radius 1 is 1.21 bits per heavy atom. The predicted octanol–water partition coefficient (Wildman–Crippen LogP) is 2.61. The molecule has 0 amide bonds. The lowest BCUT2D eigenvalue weighted by atomic mass is 10.0. The lowest BCUT2D eigenvalue weighted by molar-refractivity contribution is 0.0708. The molecule has 1 aliphatic heterocycles. The van der Waals surface area contributed by atoms with Gasteiger partial charge in [0.25, 0.3) is 0 Å². The molecule has 1 aromatic heterocycles. The largest absolute Gasteiger partial charge is 0.482 e. The fraction of sp³-hybridized carbons (Fsp3) is 0.320. The van der Waals surface area contributed by atoms with Crippen LogP contribution in [0.15, 0.2) is 48.8 Å². The Hall–Kier alpha value is -3.29. The second-order valence-corrected chi connectivity index (χ2v) is 7.94. The van der Waals surface area contributed by atoms with Gasteiger partial charge in [-0.15, -0.1) is 0 Å². The Labute approximate surface area is 195 Å². The number of aliphatic hydroxyl groups is 3. The predicted molar refractivity (Wildman–Crippen MR) is 119 cm³/mol. The van der Waals surface area contributed by atoms with Gasteiger partial charge in [0.1, 0.15) is 29.9 Å². The minimum atomic E-state index is -0.837. The average molecular weight is 470 g/mol. The van der Waals surface area contributed by atoms with Gasteiger partial charge < -0.3 is 29.4 Å². The zero-order valence-corrected chi connectivity index (χ0v) is 18.4. The van der Waals surface area contributed by atoms with E-state index in [1.165, 1.54) is 36.5 Å². The minimum Gasteiger partial charge on any atom is -0.482 e. The number of hydrogen-bond acceptors (Lipinski definition) is 6. The molecule has 0 spiro atoms. The Bertz CT molecular complexity index is 1220. The van der Waals surface area contributed by atoms with Crippen LogP contribution in [0.3, 0.4) is 0 Å². The smallest absolute Gasteiger partial charge is 0.165 e. The van der Waals surface area contributed by atoms with Crippen LogP contribution in [-0.4, -0.2) is 56.9 Å². The van der Waals surface area contributed by atoms with E-state index in [1.807, 2.05) is 0 Å². The van der Waals surface area contributed by atoms with Crippen molar-refractivity contribution in [1.29, 1.82) is 0 Å². The fourth-order valence-corrected chi connectivity index (χ4v) is 3.67. The van der Waals surface area contributed by atoms with Crippen molar-refractivity contribution in [1.82, 2.24) is 9.55 Å². The molecule has 2 aromatic carbocycles. The van der Waals surface area contributed by atoms with E-state index in [9.17, 15) is 24.1 Å². The van der Waals surface area contributed by atoms with E-state index in [1.54, 1.807) is 23.8 Å². The van der Waals surface area contributed by atoms with Gasteiger partial charge in [-0.3, -0.25) is 0 Å². The van der Waals surface area contributed by atoms with Crippen LogP contribution in [0.1, 0.15) is 30.5 Å². The van der Waals surface area contributed by atoms with E-state index < -0.39 is 36.0 Å². The molecule has 4 unspecified atom stereocenters. The first-order valence-electron chi connectivity index (χ1n) is 10.7. The van der Waals surface area contributed by atoms with Crippen molar-refractivity contribution >= 4 is 0 Å². The number of rotatable bonds is 6. The second-order valence-electron chi connectivity index (χ2n) is 7.94. The molecule has 3 aromatic rings. The van der Waals surface area contributed by atoms with Crippen molar-refractivity contribution < 1.29 is 33.6 Å². The molecular weight excluding hydrogens is 446 g/mol. The zero-order chi connectivity index (χ0) is 24.2. The van der Waals surface area contributed by atoms with E-state index in [4.69, 9.17) is 9.47 Å². The summed E-state index contributed by atoms with van der Waals surface area (Å²) in [6, 6.07) is 7.74. The second kappa shape index (κ2) is 10.3. The molecule has 178 valence electrons. The standard InChI is InChI=1S/C25H24F2N2O5/c1-15(31)25-28-8-9-29(25)18(12-30)5-2-16-3-6-19(20(26)10-16)17-4-7-23(21(27)11-17)34-24-14-33-13-22(24)32/h3-4,6-11,15,18,22,24,30-32H,12-14H2,1H3. The maximum atomic E-state index is 14.8. The van der Waals surface area contributed by atoms with Gasteiger partial charge in [-0.05, 0) is 36.8 Å². The molecule has 4 atom stereocenters. The Morgan fingerprint density at radius 2 is 2.03 bits per heavy atom. The molecule has 1 aliphatic rings. The van der Waals surface area contributed by atoms with Gasteiger partial charge >= 0.3 is 0 Å². The summed E-state index contributed by atoms with van der Waals surface area (Å²) in [5.74, 6) is 4.73. The van der Waals surface area contributed by atoms with E-state index >= 15 is 0 Å². The summed E-state index contributed by atoms with van der Waals surface area (Å²) in [6.07, 6.45) is 0.778. The van der Waals surface area contributed by atoms with Gasteiger partial charge in [-0.1, -0.05) is 24.0 Å². The van der Waals surface area contributed by atoms with Gasteiger partial charge in [0.05, 0.1) is 19.8 Å². The number of benzene rings is 2. The molecule has 1 fully saturated rings. The molecule has 3 N–H and O–H groups in total. The molecule has 1 saturated heterocycles. The van der Waals surface area contributed by atoms with Gasteiger partial charge in [-0.2, -0.15) is 0 Å². The van der Waals surface area contributed by atoms with Crippen molar-refractivity contribution in [2.75, 3.05) is 19.8 Å². The fourth-order valence-electron chi connectivity index (χ4n) is 3.67. The summed E-state index contributed by atoms with van der Waals surface area (Å²) >= 11 is 0. The number of halogens is 2. The van der Waals surface area contributed by atoms with Crippen molar-refractivity contribution in [2.45, 2.75) is 31.3 Å². The molecule has 0 radical (unpaired) electrons. The molecule has 4 rings (SSSR count). The Morgan fingerprint density at radius 3 is 2.68 bits per heavy atom. The molecule has 9 heteroatoms. The topological polar surface area (TPSA) is 97.0 Å². The van der Waals surface area contributed by atoms with Crippen LogP contribution in [0.2, 0.25) is 0 Å². The summed E-state index contributed by atoms with van der Waals surface area (Å²) in [4.78, 5) is 4.06. The summed E-state index contributed by atoms with van der Waals surface area (Å²) in [6.45, 7) is 1.54. The summed E-state index contributed by atoms with van der Waals surface area (Å²) in [7, 11) is 0. The number of imidazole rings is 1. The number of ether oxygens (including phenoxy) is 2. The van der Waals surface area contributed by atoms with Crippen molar-refractivity contribution in [3.8, 4) is 28.7 Å². The SMILES string of the molecule is CC(O)c1nccn1C(C#Cc1ccc(-c2ccc(OC3COCC3O)c(F)c2)c(F)c1)CO. The van der Waals surface area contributed by atoms with Gasteiger partial charge in [0.15, 0.2) is 17.7 Å². The summed E-state index contributed by atoms with van der Waals surface area (Å²) in [5.41, 5.74) is 0.873. The number of aliphatic hydroxyl groups excluding tert-OH is 3. The Kier molecular flexibility index (Phi) is 7.24. The molecular formula is C25H24F2N2O5. The average Bonchev–Trinajstić information content (AvgIpc) is 3.45. The third kappa shape index (κ3) is 5.11. The van der Waals surface area contributed by atoms with Gasteiger partial charge in [0, 0.05) is 23.5 Å². The molecule has 2 heterocycles. The first-order valence-corrected chi connectivity index (χ1v) is 10.7. The van der Waals surface area contributed by atoms with Gasteiger partial charge in [0.2, 0.25) is 0 Å². The molecule has 0 aliphatic carbocycles. The normalized spacial score (nSPS) is 19.4. The highest BCUT2D eigenvalue weighted by atomic mass is 19.1. The maximum Gasteiger partial charge on any atom is 0.165 e. The first-order chi connectivity index (χ1) is 16.4. The van der Waals surface area contributed by atoms with Crippen LogP contribution in [0.4, 0.5) is 8.78 Å². The van der Waals surface area contributed by atoms with Crippen molar-refractivity contribution in [2.24, 2.45) is 0 Å². The number of aromatic nitrogens is 2. The third-order valence-corrected chi connectivity index (χ3v) is 5.45. The lowest BCUT2D eigenvalue weighted by Gasteiger charge is -2.16. The highest BCUT2D eigenvalue weighted by Crippen LogP contribution is 2.29. The van der Waals surface area contributed by atoms with Crippen LogP contribution in [0, 0.1) is 23.5 Å². The Balaban J connectivity index is 1.52. The van der Waals surface area contributed by atoms with Crippen LogP contribution < -0.4 is 4.74 Å². The van der Waals surface area contributed by atoms with Crippen molar-refractivity contribution in [3.63, 3.8) is 0 Å². The number of nitrogens with zero attached hydrogens (tertiary/aromatic N) is 2. The first kappa shape index (κ1) is 23.9. The zero-order valence-electron chi connectivity index (χ0n) is 18.4. The summed E-state index contributed by atoms with van der Waals surface area (Å²) < 4.78 is 41.5. The highest BCUT2D eigenvalue weighted by molar-refractivity contribution is 5.66. The molecule has 0 saturated carbocycles. The van der Waals surface area contributed by atoms with Crippen molar-refractivity contribution in [3.05, 3.63) is 71.8 Å². The van der Waals surface area contributed by atoms with Crippen LogP contribution >= 0.6 is 0 Å². The number of hydrogen-bond donors (Lipinski definition) is 3. The monoisotopic (exact) mass is 470 g/mol. The molecule has 7 nitrogen and oxygen atoms in total. The van der Waals surface area contributed by atoms with E-state index in [0.717, 1.165) is 0 Å². The molecule has 0 bridgehead atoms. The lowest BCUT2D eigenvalue weighted by Crippen LogP contribution is -2.30. The highest BCUT2D eigenvalue weighted by Gasteiger charge is 2.28. The summed E-state index contributed by atoms with van der Waals surface area (Å²) in [5, 5.41) is 29.3. The van der Waals surface area contributed by atoms with Crippen LogP contribution in [0.25, 0.3) is 11.1 Å². The van der Waals surface area contributed by atoms with Crippen LogP contribution in [0.5, 0.6) is 5.75 Å². The minimum absolute atomic E-state index is 0.0488. The van der Waals surface area contributed by atoms with E-state index in [-0.39, 0.29) is 31.1 Å². The van der Waals surface area contributed by atoms with E-state index in [0.29, 0.717) is 17.0 Å². The van der Waals surface area contributed by atoms with Crippen LogP contribution in [-0.2, 0) is 4.74 Å². The third-order valence-electron chi connectivity index (χ3n) is 5.45. The van der Waals surface area contributed by atoms with Gasteiger partial charge in [-0.25, -0.2) is 13.8 Å².